The zero-order chi connectivity index (χ0) is 76.7. The number of nitrogens with one attached hydrogen (secondary N) is 14. The quantitative estimate of drug-likeness (QED) is 0.0136. The maximum atomic E-state index is 14.9. The number of phenols is 1. The van der Waals surface area contributed by atoms with E-state index in [2.05, 4.69) is 63.5 Å². The van der Waals surface area contributed by atoms with E-state index in [1.54, 1.807) is 60.8 Å². The van der Waals surface area contributed by atoms with Crippen LogP contribution < -0.4 is 92.9 Å². The molecule has 1 aromatic heterocycles. The Hall–Kier alpha value is -10.5. The van der Waals surface area contributed by atoms with Crippen LogP contribution in [0.3, 0.4) is 0 Å². The lowest BCUT2D eigenvalue weighted by molar-refractivity contribution is -0.142. The molecule has 0 fully saturated rings. The highest BCUT2D eigenvalue weighted by Crippen LogP contribution is 2.21. The number of fused-ring (bicyclic) bond motifs is 1. The van der Waals surface area contributed by atoms with Gasteiger partial charge in [0.15, 0.2) is 11.9 Å². The van der Waals surface area contributed by atoms with E-state index in [1.165, 1.54) is 24.3 Å². The number of hydrogen-bond acceptors (Lipinski definition) is 18. The molecule has 29 N–H and O–H groups in total. The molecule has 0 aliphatic heterocycles. The summed E-state index contributed by atoms with van der Waals surface area (Å²) < 4.78 is 0. The first-order chi connectivity index (χ1) is 49.6. The van der Waals surface area contributed by atoms with Crippen molar-refractivity contribution in [2.75, 3.05) is 32.7 Å². The Morgan fingerprint density at radius 3 is 1.26 bits per heavy atom. The van der Waals surface area contributed by atoms with Gasteiger partial charge >= 0.3 is 11.9 Å². The molecule has 572 valence electrons. The molecule has 34 heteroatoms. The molecule has 0 bridgehead atoms. The van der Waals surface area contributed by atoms with Crippen LogP contribution in [0.5, 0.6) is 5.75 Å². The second-order valence-corrected chi connectivity index (χ2v) is 26.0. The van der Waals surface area contributed by atoms with Crippen molar-refractivity contribution < 1.29 is 68.1 Å². The molecule has 10 atom stereocenters. The van der Waals surface area contributed by atoms with Gasteiger partial charge in [0.2, 0.25) is 53.2 Å². The SMILES string of the molecule is CC(C)C[C@@H](NC(=O)[C@@H](N)CCCNC(=N)N)C(=O)N[C@H](Cc1ccc(O)cc1)C(=O)N[C@@H](Cc1ccccc1)C(=O)N[C@@H](CCCCN)C(=O)N[C@@H](CCC(=O)O)C(=O)N[C@H](CCCCN)C(=O)N[C@@H](CCCNC(=N)N)C(=O)N[C@H](Cc1c[nH]c2ccccc12)C(=O)N[C@@H](CCCCN)C(=O)O. The zero-order valence-electron chi connectivity index (χ0n) is 59.2. The molecule has 0 saturated heterocycles. The molecule has 1 heterocycles. The number of carbonyl (C=O) groups excluding carboxylic acids is 9. The Kier molecular flexibility index (Phi) is 38.2. The number of unbranched alkanes of at least 4 members (excludes halogenated alkanes) is 3. The van der Waals surface area contributed by atoms with Crippen molar-refractivity contribution in [2.45, 2.75) is 196 Å². The molecule has 4 aromatic rings. The average Bonchev–Trinajstić information content (AvgIpc) is 1.66. The van der Waals surface area contributed by atoms with Gasteiger partial charge in [-0.25, -0.2) is 4.79 Å². The molecule has 104 heavy (non-hydrogen) atoms. The highest BCUT2D eigenvalue weighted by Gasteiger charge is 2.37. The summed E-state index contributed by atoms with van der Waals surface area (Å²) in [5.74, 6) is -11.5. The van der Waals surface area contributed by atoms with Crippen LogP contribution in [-0.4, -0.2) is 190 Å². The lowest BCUT2D eigenvalue weighted by atomic mass is 9.99. The zero-order valence-corrected chi connectivity index (χ0v) is 59.2. The van der Waals surface area contributed by atoms with E-state index in [0.717, 1.165) is 0 Å². The fourth-order valence-corrected chi connectivity index (χ4v) is 11.3. The highest BCUT2D eigenvalue weighted by atomic mass is 16.4. The molecule has 3 aromatic carbocycles. The van der Waals surface area contributed by atoms with Gasteiger partial charge in [0.25, 0.3) is 0 Å². The Morgan fingerprint density at radius 1 is 0.433 bits per heavy atom. The van der Waals surface area contributed by atoms with Gasteiger partial charge in [-0.3, -0.25) is 58.8 Å². The number of rotatable bonds is 50. The van der Waals surface area contributed by atoms with E-state index in [-0.39, 0.29) is 133 Å². The van der Waals surface area contributed by atoms with Crippen molar-refractivity contribution in [3.8, 4) is 5.75 Å². The van der Waals surface area contributed by atoms with E-state index in [1.807, 2.05) is 13.8 Å². The normalized spacial score (nSPS) is 14.0. The number of hydrogen-bond donors (Lipinski definition) is 23. The summed E-state index contributed by atoms with van der Waals surface area (Å²) in [7, 11) is 0. The Bertz CT molecular complexity index is 3450. The topological polar surface area (TPSA) is 600 Å². The lowest BCUT2D eigenvalue weighted by Crippen LogP contribution is -2.61. The molecule has 0 aliphatic carbocycles. The monoisotopic (exact) mass is 1450 g/mol. The van der Waals surface area contributed by atoms with Gasteiger partial charge in [0, 0.05) is 55.9 Å². The second kappa shape index (κ2) is 46.2. The van der Waals surface area contributed by atoms with E-state index in [4.69, 9.17) is 45.2 Å². The Labute approximate surface area is 604 Å². The number of aromatic nitrogens is 1. The third-order valence-corrected chi connectivity index (χ3v) is 17.0. The molecule has 0 aliphatic rings. The van der Waals surface area contributed by atoms with Crippen molar-refractivity contribution >= 4 is 87.9 Å². The summed E-state index contributed by atoms with van der Waals surface area (Å²) in [6.45, 7) is 4.55. The highest BCUT2D eigenvalue weighted by molar-refractivity contribution is 5.99. The summed E-state index contributed by atoms with van der Waals surface area (Å²) in [5.41, 5.74) is 36.9. The third kappa shape index (κ3) is 31.8. The summed E-state index contributed by atoms with van der Waals surface area (Å²) in [6, 6.07) is 7.28. The number of phenolic OH excluding ortho intramolecular Hbond substituents is 1. The molecule has 9 amide bonds. The largest absolute Gasteiger partial charge is 0.508 e. The summed E-state index contributed by atoms with van der Waals surface area (Å²) in [4.78, 5) is 159. The van der Waals surface area contributed by atoms with Crippen molar-refractivity contribution in [2.24, 2.45) is 40.3 Å². The average molecular weight is 1450 g/mol. The number of aromatic amines is 1. The number of guanidine groups is 2. The van der Waals surface area contributed by atoms with E-state index < -0.39 is 138 Å². The third-order valence-electron chi connectivity index (χ3n) is 17.0. The predicted molar refractivity (Wildman–Crippen MR) is 390 cm³/mol. The molecule has 0 unspecified atom stereocenters. The number of nitrogens with two attached hydrogens (primary N) is 6. The number of aromatic hydroxyl groups is 1. The molecular formula is C70H108N20O14. The van der Waals surface area contributed by atoms with Crippen molar-refractivity contribution in [1.82, 2.24) is 63.5 Å². The molecule has 34 nitrogen and oxygen atoms in total. The number of amides is 9. The molecular weight excluding hydrogens is 1340 g/mol. The van der Waals surface area contributed by atoms with Crippen molar-refractivity contribution in [3.63, 3.8) is 0 Å². The Morgan fingerprint density at radius 2 is 0.808 bits per heavy atom. The smallest absolute Gasteiger partial charge is 0.326 e. The van der Waals surface area contributed by atoms with Gasteiger partial charge in [-0.05, 0) is 157 Å². The maximum absolute atomic E-state index is 14.9. The second-order valence-electron chi connectivity index (χ2n) is 26.0. The number of benzene rings is 3. The van der Waals surface area contributed by atoms with Crippen molar-refractivity contribution in [3.05, 3.63) is 102 Å². The molecule has 0 saturated carbocycles. The van der Waals surface area contributed by atoms with Gasteiger partial charge in [-0.2, -0.15) is 0 Å². The predicted octanol–water partition coefficient (Wildman–Crippen LogP) is -1.50. The number of carboxylic acids is 2. The van der Waals surface area contributed by atoms with Crippen molar-refractivity contribution in [1.29, 1.82) is 10.8 Å². The van der Waals surface area contributed by atoms with Crippen LogP contribution in [0.2, 0.25) is 0 Å². The van der Waals surface area contributed by atoms with Crippen LogP contribution in [0.1, 0.15) is 133 Å². The van der Waals surface area contributed by atoms with Gasteiger partial charge < -0.3 is 113 Å². The molecule has 4 rings (SSSR count). The first-order valence-corrected chi connectivity index (χ1v) is 35.2. The number of aliphatic carboxylic acids is 2. The van der Waals surface area contributed by atoms with Crippen LogP contribution in [0, 0.1) is 16.7 Å². The number of para-hydroxylation sites is 1. The van der Waals surface area contributed by atoms with Crippen LogP contribution >= 0.6 is 0 Å². The summed E-state index contributed by atoms with van der Waals surface area (Å²) >= 11 is 0. The fourth-order valence-electron chi connectivity index (χ4n) is 11.3. The summed E-state index contributed by atoms with van der Waals surface area (Å²) in [5, 5.41) is 75.3. The van der Waals surface area contributed by atoms with Gasteiger partial charge in [0.1, 0.15) is 60.1 Å². The van der Waals surface area contributed by atoms with E-state index in [9.17, 15) is 68.1 Å². The number of H-pyrrole nitrogens is 1. The number of carbonyl (C=O) groups is 11. The first kappa shape index (κ1) is 86.0. The van der Waals surface area contributed by atoms with Crippen LogP contribution in [0.4, 0.5) is 0 Å². The minimum Gasteiger partial charge on any atom is -0.508 e. The fraction of sp³-hybridized carbons (Fsp3) is 0.529. The maximum Gasteiger partial charge on any atom is 0.326 e. The lowest BCUT2D eigenvalue weighted by Gasteiger charge is -2.29. The van der Waals surface area contributed by atoms with Gasteiger partial charge in [-0.15, -0.1) is 0 Å². The first-order valence-electron chi connectivity index (χ1n) is 35.2. The molecule has 0 radical (unpaired) electrons. The van der Waals surface area contributed by atoms with E-state index >= 15 is 0 Å². The molecule has 0 spiro atoms. The van der Waals surface area contributed by atoms with E-state index in [0.29, 0.717) is 59.7 Å². The Balaban J connectivity index is 1.69. The minimum atomic E-state index is -1.71. The van der Waals surface area contributed by atoms with Gasteiger partial charge in [0.05, 0.1) is 6.04 Å². The van der Waals surface area contributed by atoms with Gasteiger partial charge in [-0.1, -0.05) is 74.5 Å². The standard InChI is InChI=1S/C70H108N20O14/c1-41(2)36-54(87-59(94)47(74)19-14-34-79-69(75)76)64(99)88-56(38-43-25-27-45(91)28-26-43)66(101)89-55(37-42-16-4-3-5-17-42)65(100)84-50(22-9-12-32-72)61(96)85-52(29-30-58(92)93)63(98)82-49(21-8-11-31-71)60(95)83-51(24-15-35-80-70(77)78)62(97)90-57(39-44-40-81-48-20-7-6-18-46(44)48)67(102)86-53(68(103)104)23-10-13-33-73/h3-7,16-18,20,25-28,40-41,47,49-57,81,91H,8-15,19,21-24,29-39,71-74H2,1-2H3,(H,82,98)(H,83,95)(H,84,100)(H,85,96)(H,86,102)(H,87,94)(H,88,99)(H,89,101)(H,90,97)(H,92,93)(H,103,104)(H4,75,76,79)(H4,77,78,80)/t47-,49+,50-,51-,52-,53-,54+,55-,56+,57+/m0/s1. The minimum absolute atomic E-state index is 0.0280. The van der Waals surface area contributed by atoms with Crippen LogP contribution in [0.25, 0.3) is 10.9 Å². The number of carboxylic acid groups (broad SMARTS) is 2. The van der Waals surface area contributed by atoms with Crippen LogP contribution in [-0.2, 0) is 72.0 Å². The van der Waals surface area contributed by atoms with Crippen LogP contribution in [0.15, 0.2) is 85.1 Å². The summed E-state index contributed by atoms with van der Waals surface area (Å²) in [6.07, 6.45) is 2.26.